The lowest BCUT2D eigenvalue weighted by Gasteiger charge is -2.08. The molecule has 0 aliphatic heterocycles. The first-order valence-corrected chi connectivity index (χ1v) is 6.05. The average Bonchev–Trinajstić information content (AvgIpc) is 2.32. The topological polar surface area (TPSA) is 24.9 Å². The van der Waals surface area contributed by atoms with Gasteiger partial charge in [0, 0.05) is 22.9 Å². The summed E-state index contributed by atoms with van der Waals surface area (Å²) in [5.41, 5.74) is 2.48. The monoisotopic (exact) mass is 294 g/mol. The fourth-order valence-corrected chi connectivity index (χ4v) is 1.79. The van der Waals surface area contributed by atoms with E-state index in [0.717, 1.165) is 15.7 Å². The van der Waals surface area contributed by atoms with Crippen molar-refractivity contribution in [3.05, 3.63) is 58.1 Å². The molecule has 2 rings (SSSR count). The predicted octanol–water partition coefficient (Wildman–Crippen LogP) is 3.90. The highest BCUT2D eigenvalue weighted by Crippen LogP contribution is 2.20. The minimum atomic E-state index is -0.256. The molecule has 4 heteroatoms. The zero-order valence-electron chi connectivity index (χ0n) is 9.37. The van der Waals surface area contributed by atoms with Crippen molar-refractivity contribution in [3.8, 4) is 0 Å². The van der Waals surface area contributed by atoms with Crippen LogP contribution in [0.15, 0.2) is 41.0 Å². The van der Waals surface area contributed by atoms with E-state index in [1.807, 2.05) is 19.1 Å². The molecule has 0 radical (unpaired) electrons. The molecule has 2 nitrogen and oxygen atoms in total. The molecule has 0 saturated carbocycles. The van der Waals surface area contributed by atoms with Crippen LogP contribution in [0.1, 0.15) is 11.3 Å². The molecule has 0 aliphatic carbocycles. The van der Waals surface area contributed by atoms with Gasteiger partial charge in [-0.05, 0) is 36.8 Å². The number of aryl methyl sites for hydroxylation is 1. The molecule has 0 bridgehead atoms. The van der Waals surface area contributed by atoms with E-state index in [0.29, 0.717) is 12.2 Å². The predicted molar refractivity (Wildman–Crippen MR) is 70.4 cm³/mol. The molecule has 0 fully saturated rings. The molecule has 17 heavy (non-hydrogen) atoms. The second-order valence-electron chi connectivity index (χ2n) is 3.79. The summed E-state index contributed by atoms with van der Waals surface area (Å²) in [5.74, 6) is -0.256. The SMILES string of the molecule is Cc1ccc(CNc2cc(Br)ccc2F)cn1. The molecular weight excluding hydrogens is 283 g/mol. The fraction of sp³-hybridized carbons (Fsp3) is 0.154. The lowest BCUT2D eigenvalue weighted by atomic mass is 10.2. The highest BCUT2D eigenvalue weighted by atomic mass is 79.9. The number of anilines is 1. The van der Waals surface area contributed by atoms with Crippen LogP contribution in [0.5, 0.6) is 0 Å². The number of hydrogen-bond donors (Lipinski definition) is 1. The van der Waals surface area contributed by atoms with Crippen LogP contribution in [0.4, 0.5) is 10.1 Å². The van der Waals surface area contributed by atoms with Gasteiger partial charge in [0.25, 0.3) is 0 Å². The van der Waals surface area contributed by atoms with Gasteiger partial charge < -0.3 is 5.32 Å². The summed E-state index contributed by atoms with van der Waals surface area (Å²) in [5, 5.41) is 3.04. The summed E-state index contributed by atoms with van der Waals surface area (Å²) in [6.45, 7) is 2.49. The highest BCUT2D eigenvalue weighted by molar-refractivity contribution is 9.10. The van der Waals surface area contributed by atoms with Crippen molar-refractivity contribution in [2.75, 3.05) is 5.32 Å². The smallest absolute Gasteiger partial charge is 0.146 e. The van der Waals surface area contributed by atoms with E-state index in [1.165, 1.54) is 6.07 Å². The molecular formula is C13H12BrFN2. The van der Waals surface area contributed by atoms with Crippen LogP contribution in [-0.4, -0.2) is 4.98 Å². The van der Waals surface area contributed by atoms with Gasteiger partial charge >= 0.3 is 0 Å². The first-order valence-electron chi connectivity index (χ1n) is 5.25. The molecule has 0 unspecified atom stereocenters. The first-order chi connectivity index (χ1) is 8.15. The van der Waals surface area contributed by atoms with Gasteiger partial charge in [0.15, 0.2) is 0 Å². The lowest BCUT2D eigenvalue weighted by Crippen LogP contribution is -2.02. The largest absolute Gasteiger partial charge is 0.379 e. The van der Waals surface area contributed by atoms with Crippen molar-refractivity contribution in [2.45, 2.75) is 13.5 Å². The Balaban J connectivity index is 2.07. The van der Waals surface area contributed by atoms with Crippen molar-refractivity contribution < 1.29 is 4.39 Å². The maximum absolute atomic E-state index is 13.4. The second kappa shape index (κ2) is 5.27. The van der Waals surface area contributed by atoms with Gasteiger partial charge in [-0.1, -0.05) is 22.0 Å². The van der Waals surface area contributed by atoms with Gasteiger partial charge in [0.05, 0.1) is 5.69 Å². The molecule has 88 valence electrons. The van der Waals surface area contributed by atoms with Crippen molar-refractivity contribution in [1.29, 1.82) is 0 Å². The summed E-state index contributed by atoms with van der Waals surface area (Å²) in [6.07, 6.45) is 1.79. The molecule has 0 saturated heterocycles. The van der Waals surface area contributed by atoms with E-state index in [4.69, 9.17) is 0 Å². The third-order valence-electron chi connectivity index (χ3n) is 2.38. The molecule has 0 amide bonds. The van der Waals surface area contributed by atoms with Gasteiger partial charge in [-0.15, -0.1) is 0 Å². The number of nitrogens with zero attached hydrogens (tertiary/aromatic N) is 1. The van der Waals surface area contributed by atoms with Gasteiger partial charge in [-0.2, -0.15) is 0 Å². The van der Waals surface area contributed by atoms with E-state index >= 15 is 0 Å². The third-order valence-corrected chi connectivity index (χ3v) is 2.88. The lowest BCUT2D eigenvalue weighted by molar-refractivity contribution is 0.630. The molecule has 0 aliphatic rings. The zero-order valence-corrected chi connectivity index (χ0v) is 11.0. The summed E-state index contributed by atoms with van der Waals surface area (Å²) in [6, 6.07) is 8.74. The Morgan fingerprint density at radius 1 is 1.29 bits per heavy atom. The van der Waals surface area contributed by atoms with Crippen LogP contribution >= 0.6 is 15.9 Å². The van der Waals surface area contributed by atoms with E-state index in [2.05, 4.69) is 26.2 Å². The Morgan fingerprint density at radius 3 is 2.82 bits per heavy atom. The van der Waals surface area contributed by atoms with Crippen molar-refractivity contribution in [3.63, 3.8) is 0 Å². The number of pyridine rings is 1. The van der Waals surface area contributed by atoms with Crippen LogP contribution in [0.25, 0.3) is 0 Å². The number of hydrogen-bond acceptors (Lipinski definition) is 2. The van der Waals surface area contributed by atoms with Crippen LogP contribution in [0.3, 0.4) is 0 Å². The van der Waals surface area contributed by atoms with Gasteiger partial charge in [0.2, 0.25) is 0 Å². The molecule has 0 atom stereocenters. The zero-order chi connectivity index (χ0) is 12.3. The Hall–Kier alpha value is -1.42. The maximum Gasteiger partial charge on any atom is 0.146 e. The number of nitrogens with one attached hydrogen (secondary N) is 1. The molecule has 1 N–H and O–H groups in total. The maximum atomic E-state index is 13.4. The summed E-state index contributed by atoms with van der Waals surface area (Å²) in [7, 11) is 0. The number of aromatic nitrogens is 1. The van der Waals surface area contributed by atoms with Crippen LogP contribution in [0, 0.1) is 12.7 Å². The summed E-state index contributed by atoms with van der Waals surface area (Å²) in [4.78, 5) is 4.19. The third kappa shape index (κ3) is 3.27. The molecule has 2 aromatic rings. The second-order valence-corrected chi connectivity index (χ2v) is 4.70. The van der Waals surface area contributed by atoms with Crippen molar-refractivity contribution >= 4 is 21.6 Å². The number of rotatable bonds is 3. The van der Waals surface area contributed by atoms with E-state index in [-0.39, 0.29) is 5.82 Å². The van der Waals surface area contributed by atoms with Crippen molar-refractivity contribution in [1.82, 2.24) is 4.98 Å². The molecule has 1 aromatic heterocycles. The quantitative estimate of drug-likeness (QED) is 0.928. The number of halogens is 2. The van der Waals surface area contributed by atoms with Crippen LogP contribution < -0.4 is 5.32 Å². The standard InChI is InChI=1S/C13H12BrFN2/c1-9-2-3-10(7-16-9)8-17-13-6-11(14)4-5-12(13)15/h2-7,17H,8H2,1H3. The Bertz CT molecular complexity index is 511. The summed E-state index contributed by atoms with van der Waals surface area (Å²) >= 11 is 3.31. The summed E-state index contributed by atoms with van der Waals surface area (Å²) < 4.78 is 14.3. The Kier molecular flexibility index (Phi) is 3.74. The average molecular weight is 295 g/mol. The minimum absolute atomic E-state index is 0.256. The fourth-order valence-electron chi connectivity index (χ4n) is 1.43. The number of benzene rings is 1. The first kappa shape index (κ1) is 12.0. The molecule has 0 spiro atoms. The normalized spacial score (nSPS) is 10.3. The van der Waals surface area contributed by atoms with Crippen molar-refractivity contribution in [2.24, 2.45) is 0 Å². The van der Waals surface area contributed by atoms with E-state index in [9.17, 15) is 4.39 Å². The molecule has 1 heterocycles. The molecule has 1 aromatic carbocycles. The minimum Gasteiger partial charge on any atom is -0.379 e. The van der Waals surface area contributed by atoms with Crippen LogP contribution in [-0.2, 0) is 6.54 Å². The Labute approximate surface area is 108 Å². The highest BCUT2D eigenvalue weighted by Gasteiger charge is 2.02. The Morgan fingerprint density at radius 2 is 2.12 bits per heavy atom. The van der Waals surface area contributed by atoms with Gasteiger partial charge in [-0.3, -0.25) is 4.98 Å². The van der Waals surface area contributed by atoms with Gasteiger partial charge in [-0.25, -0.2) is 4.39 Å². The van der Waals surface area contributed by atoms with E-state index in [1.54, 1.807) is 18.3 Å². The van der Waals surface area contributed by atoms with E-state index < -0.39 is 0 Å². The van der Waals surface area contributed by atoms with Crippen LogP contribution in [0.2, 0.25) is 0 Å². The van der Waals surface area contributed by atoms with Gasteiger partial charge in [0.1, 0.15) is 5.82 Å².